The van der Waals surface area contributed by atoms with Gasteiger partial charge in [0.15, 0.2) is 0 Å². The number of benzene rings is 1. The fraction of sp³-hybridized carbons (Fsp3) is 0.375. The van der Waals surface area contributed by atoms with Gasteiger partial charge in [-0.3, -0.25) is 9.59 Å². The summed E-state index contributed by atoms with van der Waals surface area (Å²) in [6.45, 7) is 0.645. The summed E-state index contributed by atoms with van der Waals surface area (Å²) in [5.74, 6) is -0.203. The Morgan fingerprint density at radius 3 is 2.92 bits per heavy atom. The van der Waals surface area contributed by atoms with Gasteiger partial charge >= 0.3 is 0 Å². The van der Waals surface area contributed by atoms with Crippen LogP contribution in [0.1, 0.15) is 11.4 Å². The van der Waals surface area contributed by atoms with E-state index in [0.717, 1.165) is 0 Å². The lowest BCUT2D eigenvalue weighted by Gasteiger charge is -2.19. The maximum atomic E-state index is 12.4. The van der Waals surface area contributed by atoms with Crippen LogP contribution < -0.4 is 15.0 Å². The molecule has 1 N–H and O–H groups in total. The predicted molar refractivity (Wildman–Crippen MR) is 92.7 cm³/mol. The summed E-state index contributed by atoms with van der Waals surface area (Å²) in [7, 11) is 3.12. The topological polar surface area (TPSA) is 93.7 Å². The van der Waals surface area contributed by atoms with Gasteiger partial charge in [-0.15, -0.1) is 10.2 Å². The second kappa shape index (κ2) is 7.58. The normalized spacial score (nSPS) is 17.0. The van der Waals surface area contributed by atoms with Gasteiger partial charge in [-0.05, 0) is 12.1 Å². The molecule has 3 rings (SSSR count). The molecule has 0 aliphatic carbocycles. The smallest absolute Gasteiger partial charge is 0.231 e. The van der Waals surface area contributed by atoms with Crippen LogP contribution >= 0.6 is 11.3 Å². The highest BCUT2D eigenvalue weighted by Gasteiger charge is 2.36. The summed E-state index contributed by atoms with van der Waals surface area (Å²) in [6.07, 6.45) is 0.146. The zero-order valence-electron chi connectivity index (χ0n) is 13.9. The lowest BCUT2D eigenvalue weighted by molar-refractivity contribution is -0.122. The molecular weight excluding hydrogens is 344 g/mol. The molecule has 2 amide bonds. The third-order valence-corrected chi connectivity index (χ3v) is 4.65. The minimum atomic E-state index is -0.452. The number of carbonyl (C=O) groups excluding carboxylic acids is 2. The molecule has 1 aromatic heterocycles. The van der Waals surface area contributed by atoms with Crippen molar-refractivity contribution >= 4 is 34.0 Å². The lowest BCUT2D eigenvalue weighted by atomic mass is 10.1. The molecule has 8 nitrogen and oxygen atoms in total. The lowest BCUT2D eigenvalue weighted by Crippen LogP contribution is -2.28. The van der Waals surface area contributed by atoms with Crippen LogP contribution in [0.15, 0.2) is 24.3 Å². The molecule has 0 unspecified atom stereocenters. The van der Waals surface area contributed by atoms with Crippen LogP contribution in [-0.4, -0.2) is 42.8 Å². The van der Waals surface area contributed by atoms with Crippen molar-refractivity contribution in [3.8, 4) is 5.75 Å². The van der Waals surface area contributed by atoms with Gasteiger partial charge in [-0.1, -0.05) is 23.5 Å². The van der Waals surface area contributed by atoms with Crippen LogP contribution in [0.5, 0.6) is 5.75 Å². The van der Waals surface area contributed by atoms with E-state index >= 15 is 0 Å². The van der Waals surface area contributed by atoms with Crippen molar-refractivity contribution in [2.75, 3.05) is 31.0 Å². The highest BCUT2D eigenvalue weighted by atomic mass is 32.1. The predicted octanol–water partition coefficient (Wildman–Crippen LogP) is 1.68. The molecule has 0 radical (unpaired) electrons. The van der Waals surface area contributed by atoms with Crippen LogP contribution in [0, 0.1) is 5.92 Å². The number of nitrogens with zero attached hydrogens (tertiary/aromatic N) is 3. The van der Waals surface area contributed by atoms with Gasteiger partial charge in [0.1, 0.15) is 17.4 Å². The minimum absolute atomic E-state index is 0.109. The molecule has 25 heavy (non-hydrogen) atoms. The number of nitrogens with one attached hydrogen (secondary N) is 1. The van der Waals surface area contributed by atoms with Gasteiger partial charge in [0.05, 0.1) is 18.7 Å². The van der Waals surface area contributed by atoms with E-state index < -0.39 is 5.92 Å². The van der Waals surface area contributed by atoms with Gasteiger partial charge < -0.3 is 19.7 Å². The second-order valence-electron chi connectivity index (χ2n) is 5.50. The Kier molecular flexibility index (Phi) is 5.25. The fourth-order valence-electron chi connectivity index (χ4n) is 2.66. The molecule has 1 aromatic carbocycles. The van der Waals surface area contributed by atoms with Crippen LogP contribution in [0.2, 0.25) is 0 Å². The maximum Gasteiger partial charge on any atom is 0.231 e. The van der Waals surface area contributed by atoms with Crippen LogP contribution in [-0.2, 0) is 20.9 Å². The first kappa shape index (κ1) is 17.3. The summed E-state index contributed by atoms with van der Waals surface area (Å²) < 4.78 is 10.3. The number of methoxy groups -OCH3 is 2. The van der Waals surface area contributed by atoms with E-state index in [1.807, 2.05) is 12.1 Å². The molecule has 1 atom stereocenters. The number of hydrogen-bond acceptors (Lipinski definition) is 7. The summed E-state index contributed by atoms with van der Waals surface area (Å²) in [6, 6.07) is 7.25. The van der Waals surface area contributed by atoms with E-state index in [1.54, 1.807) is 31.3 Å². The minimum Gasteiger partial charge on any atom is -0.495 e. The number of para-hydroxylation sites is 2. The van der Waals surface area contributed by atoms with Gasteiger partial charge in [0.2, 0.25) is 16.9 Å². The van der Waals surface area contributed by atoms with E-state index in [4.69, 9.17) is 9.47 Å². The molecule has 2 heterocycles. The van der Waals surface area contributed by atoms with Crippen molar-refractivity contribution in [3.05, 3.63) is 29.3 Å². The summed E-state index contributed by atoms with van der Waals surface area (Å²) in [5.41, 5.74) is 0.670. The number of aromatic nitrogens is 2. The molecule has 9 heteroatoms. The van der Waals surface area contributed by atoms with Gasteiger partial charge in [-0.25, -0.2) is 0 Å². The number of anilines is 2. The standard InChI is InChI=1S/C16H18N4O4S/c1-23-9-13-18-19-16(25-13)17-15(22)10-7-14(21)20(8-10)11-5-3-4-6-12(11)24-2/h3-6,10H,7-9H2,1-2H3,(H,17,19,22)/t10-/m1/s1. The fourth-order valence-corrected chi connectivity index (χ4v) is 3.38. The van der Waals surface area contributed by atoms with Gasteiger partial charge in [0, 0.05) is 20.1 Å². The monoisotopic (exact) mass is 362 g/mol. The molecule has 2 aromatic rings. The third-order valence-electron chi connectivity index (χ3n) is 3.84. The van der Waals surface area contributed by atoms with Gasteiger partial charge in [-0.2, -0.15) is 0 Å². The molecule has 132 valence electrons. The summed E-state index contributed by atoms with van der Waals surface area (Å²) >= 11 is 1.25. The Bertz CT molecular complexity index is 779. The molecular formula is C16H18N4O4S. The zero-order valence-corrected chi connectivity index (χ0v) is 14.7. The first-order chi connectivity index (χ1) is 12.1. The van der Waals surface area contributed by atoms with E-state index in [-0.39, 0.29) is 18.2 Å². The molecule has 1 aliphatic rings. The van der Waals surface area contributed by atoms with Crippen LogP contribution in [0.3, 0.4) is 0 Å². The summed E-state index contributed by atoms with van der Waals surface area (Å²) in [5, 5.41) is 11.6. The van der Waals surface area contributed by atoms with Crippen molar-refractivity contribution in [1.29, 1.82) is 0 Å². The number of ether oxygens (including phenoxy) is 2. The van der Waals surface area contributed by atoms with Crippen molar-refractivity contribution in [3.63, 3.8) is 0 Å². The van der Waals surface area contributed by atoms with Crippen molar-refractivity contribution in [2.45, 2.75) is 13.0 Å². The first-order valence-electron chi connectivity index (χ1n) is 7.68. The Hall–Kier alpha value is -2.52. The van der Waals surface area contributed by atoms with Crippen molar-refractivity contribution in [1.82, 2.24) is 10.2 Å². The zero-order chi connectivity index (χ0) is 17.8. The molecule has 1 fully saturated rings. The van der Waals surface area contributed by atoms with E-state index in [2.05, 4.69) is 15.5 Å². The Labute approximate surface area is 148 Å². The Balaban J connectivity index is 1.68. The molecule has 0 saturated carbocycles. The third kappa shape index (κ3) is 3.77. The number of rotatable bonds is 6. The molecule has 0 spiro atoms. The second-order valence-corrected chi connectivity index (χ2v) is 6.56. The molecule has 1 saturated heterocycles. The highest BCUT2D eigenvalue weighted by molar-refractivity contribution is 7.15. The van der Waals surface area contributed by atoms with Crippen molar-refractivity contribution < 1.29 is 19.1 Å². The average molecular weight is 362 g/mol. The number of amides is 2. The highest BCUT2D eigenvalue weighted by Crippen LogP contribution is 2.33. The van der Waals surface area contributed by atoms with E-state index in [0.29, 0.717) is 34.7 Å². The van der Waals surface area contributed by atoms with Crippen molar-refractivity contribution in [2.24, 2.45) is 5.92 Å². The number of hydrogen-bond donors (Lipinski definition) is 1. The Morgan fingerprint density at radius 1 is 1.36 bits per heavy atom. The Morgan fingerprint density at radius 2 is 2.16 bits per heavy atom. The van der Waals surface area contributed by atoms with Crippen LogP contribution in [0.4, 0.5) is 10.8 Å². The SMILES string of the molecule is COCc1nnc(NC(=O)[C@@H]2CC(=O)N(c3ccccc3OC)C2)s1. The maximum absolute atomic E-state index is 12.4. The first-order valence-corrected chi connectivity index (χ1v) is 8.49. The van der Waals surface area contributed by atoms with Crippen LogP contribution in [0.25, 0.3) is 0 Å². The largest absolute Gasteiger partial charge is 0.495 e. The average Bonchev–Trinajstić information content (AvgIpc) is 3.21. The molecule has 0 bridgehead atoms. The quantitative estimate of drug-likeness (QED) is 0.840. The summed E-state index contributed by atoms with van der Waals surface area (Å²) in [4.78, 5) is 26.4. The molecule has 1 aliphatic heterocycles. The van der Waals surface area contributed by atoms with Gasteiger partial charge in [0.25, 0.3) is 0 Å². The van der Waals surface area contributed by atoms with E-state index in [9.17, 15) is 9.59 Å². The number of carbonyl (C=O) groups is 2. The van der Waals surface area contributed by atoms with E-state index in [1.165, 1.54) is 11.3 Å².